The summed E-state index contributed by atoms with van der Waals surface area (Å²) in [6.07, 6.45) is 1.83. The van der Waals surface area contributed by atoms with E-state index in [9.17, 15) is 9.59 Å². The number of anilines is 1. The molecular formula is C19H21N5O4. The molecule has 3 aliphatic rings. The first kappa shape index (κ1) is 17.2. The molecule has 4 heterocycles. The maximum Gasteiger partial charge on any atom is 0.291 e. The third-order valence-electron chi connectivity index (χ3n) is 5.82. The molecule has 1 N–H and O–H groups in total. The molecule has 1 saturated heterocycles. The first-order valence-corrected chi connectivity index (χ1v) is 9.41. The lowest BCUT2D eigenvalue weighted by molar-refractivity contribution is -0.120. The van der Waals surface area contributed by atoms with Crippen molar-refractivity contribution in [3.8, 4) is 5.75 Å². The topological polar surface area (TPSA) is 98.6 Å². The monoisotopic (exact) mass is 383 g/mol. The predicted octanol–water partition coefficient (Wildman–Crippen LogP) is 0.494. The SMILES string of the molecule is CN1C(=O)[C@@H](NC(=O)c2nc3n(n2)CCC32CCOC2)COc2ccccc21. The molecule has 0 aliphatic carbocycles. The van der Waals surface area contributed by atoms with Gasteiger partial charge in [0.1, 0.15) is 24.2 Å². The van der Waals surface area contributed by atoms with Crippen LogP contribution < -0.4 is 15.0 Å². The van der Waals surface area contributed by atoms with Crippen LogP contribution in [0, 0.1) is 0 Å². The van der Waals surface area contributed by atoms with Gasteiger partial charge in [0.05, 0.1) is 17.7 Å². The molecule has 146 valence electrons. The molecule has 1 unspecified atom stereocenters. The molecular weight excluding hydrogens is 362 g/mol. The number of carbonyl (C=O) groups excluding carboxylic acids is 2. The van der Waals surface area contributed by atoms with Gasteiger partial charge in [-0.25, -0.2) is 9.67 Å². The van der Waals surface area contributed by atoms with Crippen LogP contribution in [0.4, 0.5) is 5.69 Å². The van der Waals surface area contributed by atoms with Gasteiger partial charge in [0, 0.05) is 20.2 Å². The zero-order valence-electron chi connectivity index (χ0n) is 15.6. The summed E-state index contributed by atoms with van der Waals surface area (Å²) in [6.45, 7) is 2.10. The summed E-state index contributed by atoms with van der Waals surface area (Å²) in [7, 11) is 1.67. The third kappa shape index (κ3) is 2.57. The third-order valence-corrected chi connectivity index (χ3v) is 5.82. The van der Waals surface area contributed by atoms with E-state index in [1.54, 1.807) is 17.8 Å². The summed E-state index contributed by atoms with van der Waals surface area (Å²) in [5, 5.41) is 7.09. The van der Waals surface area contributed by atoms with Gasteiger partial charge in [0.15, 0.2) is 0 Å². The molecule has 1 aromatic carbocycles. The fourth-order valence-corrected chi connectivity index (χ4v) is 4.18. The van der Waals surface area contributed by atoms with Crippen LogP contribution in [0.5, 0.6) is 5.75 Å². The molecule has 9 heteroatoms. The molecule has 1 aromatic heterocycles. The minimum absolute atomic E-state index is 0.0528. The van der Waals surface area contributed by atoms with Crippen molar-refractivity contribution >= 4 is 17.5 Å². The van der Waals surface area contributed by atoms with E-state index in [0.717, 1.165) is 25.2 Å². The van der Waals surface area contributed by atoms with E-state index in [-0.39, 0.29) is 23.8 Å². The van der Waals surface area contributed by atoms with Crippen molar-refractivity contribution in [1.82, 2.24) is 20.1 Å². The Hall–Kier alpha value is -2.94. The van der Waals surface area contributed by atoms with E-state index in [0.29, 0.717) is 24.7 Å². The molecule has 28 heavy (non-hydrogen) atoms. The Morgan fingerprint density at radius 3 is 3.00 bits per heavy atom. The fourth-order valence-electron chi connectivity index (χ4n) is 4.18. The second-order valence-electron chi connectivity index (χ2n) is 7.52. The lowest BCUT2D eigenvalue weighted by Gasteiger charge is -2.20. The zero-order valence-corrected chi connectivity index (χ0v) is 15.6. The number of nitrogens with one attached hydrogen (secondary N) is 1. The lowest BCUT2D eigenvalue weighted by Crippen LogP contribution is -2.49. The van der Waals surface area contributed by atoms with Gasteiger partial charge in [-0.3, -0.25) is 9.59 Å². The first-order valence-electron chi connectivity index (χ1n) is 9.41. The van der Waals surface area contributed by atoms with E-state index in [1.807, 2.05) is 18.2 Å². The van der Waals surface area contributed by atoms with E-state index in [4.69, 9.17) is 9.47 Å². The normalized spacial score (nSPS) is 26.0. The fraction of sp³-hybridized carbons (Fsp3) is 0.474. The number of benzene rings is 1. The summed E-state index contributed by atoms with van der Waals surface area (Å²) >= 11 is 0. The second kappa shape index (κ2) is 6.30. The van der Waals surface area contributed by atoms with Crippen LogP contribution in [-0.4, -0.2) is 59.5 Å². The van der Waals surface area contributed by atoms with Crippen molar-refractivity contribution in [1.29, 1.82) is 0 Å². The zero-order chi connectivity index (χ0) is 19.3. The Bertz CT molecular complexity index is 950. The summed E-state index contributed by atoms with van der Waals surface area (Å²) in [6, 6.07) is 6.47. The minimum Gasteiger partial charge on any atom is -0.489 e. The second-order valence-corrected chi connectivity index (χ2v) is 7.52. The number of hydrogen-bond acceptors (Lipinski definition) is 6. The number of aromatic nitrogens is 3. The first-order chi connectivity index (χ1) is 13.6. The van der Waals surface area contributed by atoms with Crippen molar-refractivity contribution in [2.75, 3.05) is 31.8 Å². The Labute approximate surface area is 161 Å². The predicted molar refractivity (Wildman–Crippen MR) is 98.4 cm³/mol. The molecule has 5 rings (SSSR count). The van der Waals surface area contributed by atoms with Crippen molar-refractivity contribution < 1.29 is 19.1 Å². The van der Waals surface area contributed by atoms with E-state index in [1.165, 1.54) is 4.90 Å². The maximum atomic E-state index is 12.8. The number of ether oxygens (including phenoxy) is 2. The Morgan fingerprint density at radius 1 is 1.32 bits per heavy atom. The average Bonchev–Trinajstić information content (AvgIpc) is 3.41. The van der Waals surface area contributed by atoms with Gasteiger partial charge >= 0.3 is 0 Å². The highest BCUT2D eigenvalue weighted by Crippen LogP contribution is 2.40. The van der Waals surface area contributed by atoms with Gasteiger partial charge in [0.25, 0.3) is 11.8 Å². The smallest absolute Gasteiger partial charge is 0.291 e. The van der Waals surface area contributed by atoms with Gasteiger partial charge in [-0.05, 0) is 25.0 Å². The molecule has 2 aromatic rings. The van der Waals surface area contributed by atoms with Crippen LogP contribution in [0.15, 0.2) is 24.3 Å². The Kier molecular flexibility index (Phi) is 3.87. The van der Waals surface area contributed by atoms with Crippen molar-refractivity contribution in [3.63, 3.8) is 0 Å². The highest BCUT2D eigenvalue weighted by Gasteiger charge is 2.45. The quantitative estimate of drug-likeness (QED) is 0.811. The number of rotatable bonds is 2. The van der Waals surface area contributed by atoms with Gasteiger partial charge < -0.3 is 19.7 Å². The number of fused-ring (bicyclic) bond motifs is 3. The van der Waals surface area contributed by atoms with E-state index < -0.39 is 11.9 Å². The number of para-hydroxylation sites is 2. The molecule has 2 atom stereocenters. The summed E-state index contributed by atoms with van der Waals surface area (Å²) in [4.78, 5) is 31.5. The standard InChI is InChI=1S/C19H21N5O4/c1-23-13-4-2-3-5-14(13)28-10-12(17(23)26)20-16(25)15-21-18-19(7-9-27-11-19)6-8-24(18)22-15/h2-5,12H,6-11H2,1H3,(H,20,25)/t12-,19?/m0/s1. The average molecular weight is 383 g/mol. The van der Waals surface area contributed by atoms with E-state index >= 15 is 0 Å². The molecule has 0 bridgehead atoms. The Morgan fingerprint density at radius 2 is 2.18 bits per heavy atom. The number of amides is 2. The number of aryl methyl sites for hydroxylation is 1. The highest BCUT2D eigenvalue weighted by molar-refractivity contribution is 6.02. The molecule has 0 saturated carbocycles. The Balaban J connectivity index is 1.35. The maximum absolute atomic E-state index is 12.8. The lowest BCUT2D eigenvalue weighted by atomic mass is 9.85. The summed E-state index contributed by atoms with van der Waals surface area (Å²) in [5.41, 5.74) is 0.542. The molecule has 1 fully saturated rings. The van der Waals surface area contributed by atoms with Gasteiger partial charge in [0.2, 0.25) is 5.82 Å². The largest absolute Gasteiger partial charge is 0.489 e. The molecule has 9 nitrogen and oxygen atoms in total. The highest BCUT2D eigenvalue weighted by atomic mass is 16.5. The van der Waals surface area contributed by atoms with Crippen LogP contribution in [0.2, 0.25) is 0 Å². The van der Waals surface area contributed by atoms with Gasteiger partial charge in [-0.1, -0.05) is 12.1 Å². The van der Waals surface area contributed by atoms with Crippen molar-refractivity contribution in [2.24, 2.45) is 0 Å². The summed E-state index contributed by atoms with van der Waals surface area (Å²) in [5.74, 6) is 0.779. The van der Waals surface area contributed by atoms with Crippen LogP contribution in [-0.2, 0) is 21.5 Å². The van der Waals surface area contributed by atoms with Crippen LogP contribution >= 0.6 is 0 Å². The number of likely N-dealkylation sites (N-methyl/N-ethyl adjacent to an activating group) is 1. The van der Waals surface area contributed by atoms with Gasteiger partial charge in [-0.15, -0.1) is 5.10 Å². The molecule has 1 spiro atoms. The molecule has 0 radical (unpaired) electrons. The van der Waals surface area contributed by atoms with E-state index in [2.05, 4.69) is 15.4 Å². The van der Waals surface area contributed by atoms with Crippen LogP contribution in [0.25, 0.3) is 0 Å². The number of hydrogen-bond donors (Lipinski definition) is 1. The number of nitrogens with zero attached hydrogens (tertiary/aromatic N) is 4. The van der Waals surface area contributed by atoms with Gasteiger partial charge in [-0.2, -0.15) is 0 Å². The van der Waals surface area contributed by atoms with Crippen LogP contribution in [0.1, 0.15) is 29.3 Å². The summed E-state index contributed by atoms with van der Waals surface area (Å²) < 4.78 is 13.1. The molecule has 3 aliphatic heterocycles. The minimum atomic E-state index is -0.813. The molecule has 2 amide bonds. The van der Waals surface area contributed by atoms with Crippen molar-refractivity contribution in [2.45, 2.75) is 30.8 Å². The number of carbonyl (C=O) groups is 2. The van der Waals surface area contributed by atoms with Crippen LogP contribution in [0.3, 0.4) is 0 Å². The van der Waals surface area contributed by atoms with Crippen molar-refractivity contribution in [3.05, 3.63) is 35.9 Å².